The van der Waals surface area contributed by atoms with Gasteiger partial charge in [-0.2, -0.15) is 15.0 Å². The second-order valence-corrected chi connectivity index (χ2v) is 8.13. The van der Waals surface area contributed by atoms with Gasteiger partial charge in [0.15, 0.2) is 11.6 Å². The van der Waals surface area contributed by atoms with Crippen LogP contribution in [-0.4, -0.2) is 72.5 Å². The van der Waals surface area contributed by atoms with E-state index >= 15 is 0 Å². The Labute approximate surface area is 188 Å². The number of likely N-dealkylation sites (tertiary alicyclic amines) is 1. The summed E-state index contributed by atoms with van der Waals surface area (Å²) in [5.41, 5.74) is 0.539. The monoisotopic (exact) mass is 445 g/mol. The highest BCUT2D eigenvalue weighted by Gasteiger charge is 2.29. The average Bonchev–Trinajstić information content (AvgIpc) is 3.43. The van der Waals surface area contributed by atoms with Crippen molar-refractivity contribution < 1.29 is 13.9 Å². The maximum absolute atomic E-state index is 14.2. The van der Waals surface area contributed by atoms with Gasteiger partial charge in [0, 0.05) is 32.0 Å². The number of halogens is 1. The summed E-state index contributed by atoms with van der Waals surface area (Å²) in [6, 6.07) is 4.90. The molecule has 1 unspecified atom stereocenters. The molecule has 0 aliphatic carbocycles. The van der Waals surface area contributed by atoms with Crippen LogP contribution in [0.25, 0.3) is 0 Å². The van der Waals surface area contributed by atoms with E-state index in [9.17, 15) is 4.39 Å². The van der Waals surface area contributed by atoms with Gasteiger partial charge in [-0.1, -0.05) is 6.92 Å². The number of anilines is 4. The number of nitrogens with zero attached hydrogens (tertiary/aromatic N) is 5. The lowest BCUT2D eigenvalue weighted by atomic mass is 10.2. The lowest BCUT2D eigenvalue weighted by Crippen LogP contribution is -2.37. The van der Waals surface area contributed by atoms with Crippen molar-refractivity contribution in [1.29, 1.82) is 0 Å². The fourth-order valence-corrected chi connectivity index (χ4v) is 4.47. The molecule has 1 aromatic carbocycles. The van der Waals surface area contributed by atoms with Crippen molar-refractivity contribution in [2.24, 2.45) is 0 Å². The highest BCUT2D eigenvalue weighted by Crippen LogP contribution is 2.27. The maximum atomic E-state index is 14.2. The van der Waals surface area contributed by atoms with Gasteiger partial charge in [0.2, 0.25) is 17.8 Å². The molecule has 0 bridgehead atoms. The van der Waals surface area contributed by atoms with Crippen molar-refractivity contribution in [3.63, 3.8) is 0 Å². The summed E-state index contributed by atoms with van der Waals surface area (Å²) in [6.45, 7) is 5.66. The van der Waals surface area contributed by atoms with Crippen LogP contribution in [0.5, 0.6) is 5.75 Å². The fourth-order valence-electron chi connectivity index (χ4n) is 4.47. The smallest absolute Gasteiger partial charge is 0.233 e. The molecule has 2 saturated heterocycles. The number of rotatable bonds is 9. The molecule has 0 saturated carbocycles. The molecule has 3 heterocycles. The van der Waals surface area contributed by atoms with E-state index in [0.29, 0.717) is 30.1 Å². The van der Waals surface area contributed by atoms with Crippen LogP contribution >= 0.6 is 0 Å². The van der Waals surface area contributed by atoms with Crippen LogP contribution in [0.15, 0.2) is 18.2 Å². The molecule has 1 aromatic heterocycles. The van der Waals surface area contributed by atoms with E-state index in [2.05, 4.69) is 37.3 Å². The van der Waals surface area contributed by atoms with Gasteiger partial charge in [0.05, 0.1) is 25.9 Å². The van der Waals surface area contributed by atoms with E-state index in [4.69, 9.17) is 14.5 Å². The van der Waals surface area contributed by atoms with Gasteiger partial charge in [-0.3, -0.25) is 4.90 Å². The molecule has 2 aromatic rings. The molecule has 174 valence electrons. The van der Waals surface area contributed by atoms with Crippen molar-refractivity contribution in [2.75, 3.05) is 56.0 Å². The van der Waals surface area contributed by atoms with Crippen LogP contribution in [0.3, 0.4) is 0 Å². The molecule has 2 fully saturated rings. The summed E-state index contributed by atoms with van der Waals surface area (Å²) in [6.07, 6.45) is 4.45. The Morgan fingerprint density at radius 3 is 2.66 bits per heavy atom. The molecule has 4 rings (SSSR count). The molecule has 0 spiro atoms. The molecular weight excluding hydrogens is 413 g/mol. The molecule has 0 amide bonds. The van der Waals surface area contributed by atoms with E-state index < -0.39 is 5.82 Å². The molecule has 2 aliphatic rings. The molecule has 2 N–H and O–H groups in total. The summed E-state index contributed by atoms with van der Waals surface area (Å²) < 4.78 is 24.6. The van der Waals surface area contributed by atoms with Crippen LogP contribution < -0.4 is 20.3 Å². The highest BCUT2D eigenvalue weighted by atomic mass is 19.1. The van der Waals surface area contributed by atoms with Crippen LogP contribution in [0, 0.1) is 5.82 Å². The lowest BCUT2D eigenvalue weighted by Gasteiger charge is -2.26. The van der Waals surface area contributed by atoms with E-state index in [1.54, 1.807) is 19.2 Å². The molecule has 2 aliphatic heterocycles. The van der Waals surface area contributed by atoms with Crippen LogP contribution in [0.1, 0.15) is 32.6 Å². The first-order chi connectivity index (χ1) is 15.6. The van der Waals surface area contributed by atoms with Gasteiger partial charge in [0.25, 0.3) is 0 Å². The predicted molar refractivity (Wildman–Crippen MR) is 122 cm³/mol. The fraction of sp³-hybridized carbons (Fsp3) is 0.591. The Bertz CT molecular complexity index is 916. The minimum Gasteiger partial charge on any atom is -0.494 e. The maximum Gasteiger partial charge on any atom is 0.233 e. The van der Waals surface area contributed by atoms with Crippen LogP contribution in [0.2, 0.25) is 0 Å². The average molecular weight is 446 g/mol. The predicted octanol–water partition coefficient (Wildman–Crippen LogP) is 3.23. The zero-order chi connectivity index (χ0) is 22.5. The van der Waals surface area contributed by atoms with Crippen molar-refractivity contribution in [2.45, 2.75) is 44.8 Å². The largest absolute Gasteiger partial charge is 0.494 e. The van der Waals surface area contributed by atoms with E-state index in [0.717, 1.165) is 45.3 Å². The zero-order valence-corrected chi connectivity index (χ0v) is 19.0. The molecule has 2 atom stereocenters. The summed E-state index contributed by atoms with van der Waals surface area (Å²) in [5.74, 6) is 1.22. The Balaban J connectivity index is 1.63. The number of ether oxygens (including phenoxy) is 2. The van der Waals surface area contributed by atoms with Crippen molar-refractivity contribution in [1.82, 2.24) is 19.9 Å². The second-order valence-electron chi connectivity index (χ2n) is 8.13. The zero-order valence-electron chi connectivity index (χ0n) is 19.0. The third kappa shape index (κ3) is 5.02. The van der Waals surface area contributed by atoms with Gasteiger partial charge < -0.3 is 25.0 Å². The molecule has 9 nitrogen and oxygen atoms in total. The van der Waals surface area contributed by atoms with E-state index in [1.165, 1.54) is 13.2 Å². The minimum atomic E-state index is -0.450. The highest BCUT2D eigenvalue weighted by molar-refractivity contribution is 5.57. The lowest BCUT2D eigenvalue weighted by molar-refractivity contribution is 0.180. The van der Waals surface area contributed by atoms with Crippen LogP contribution in [-0.2, 0) is 4.74 Å². The van der Waals surface area contributed by atoms with Gasteiger partial charge >= 0.3 is 0 Å². The van der Waals surface area contributed by atoms with E-state index in [1.807, 2.05) is 0 Å². The first kappa shape index (κ1) is 22.5. The Kier molecular flexibility index (Phi) is 7.21. The number of aromatic nitrogens is 3. The first-order valence-electron chi connectivity index (χ1n) is 11.2. The topological polar surface area (TPSA) is 87.7 Å². The standard InChI is InChI=1S/C22H32FN7O2/c1-4-29-11-6-8-19(29)25-21-26-20(24-15-9-10-18(32-3)17(23)13-15)27-22(28-21)30-12-5-7-16(30)14-31-2/h9-10,13,16,19H,4-8,11-12,14H2,1-3H3,(H2,24,25,26,27,28)/t16-,19?/m0/s1. The van der Waals surface area contributed by atoms with Crippen molar-refractivity contribution >= 4 is 23.5 Å². The molecule has 32 heavy (non-hydrogen) atoms. The summed E-state index contributed by atoms with van der Waals surface area (Å²) in [4.78, 5) is 18.5. The van der Waals surface area contributed by atoms with Crippen LogP contribution in [0.4, 0.5) is 27.9 Å². The number of benzene rings is 1. The summed E-state index contributed by atoms with van der Waals surface area (Å²) >= 11 is 0. The Hall–Kier alpha value is -2.72. The van der Waals surface area contributed by atoms with Crippen molar-refractivity contribution in [3.05, 3.63) is 24.0 Å². The summed E-state index contributed by atoms with van der Waals surface area (Å²) in [5, 5.41) is 6.61. The normalized spacial score (nSPS) is 21.2. The Morgan fingerprint density at radius 2 is 1.91 bits per heavy atom. The second kappa shape index (κ2) is 10.3. The van der Waals surface area contributed by atoms with Crippen molar-refractivity contribution in [3.8, 4) is 5.75 Å². The number of hydrogen-bond acceptors (Lipinski definition) is 9. The Morgan fingerprint density at radius 1 is 1.09 bits per heavy atom. The minimum absolute atomic E-state index is 0.189. The quantitative estimate of drug-likeness (QED) is 0.604. The SMILES string of the molecule is CCN1CCCC1Nc1nc(Nc2ccc(OC)c(F)c2)nc(N2CCC[C@H]2COC)n1. The number of methoxy groups -OCH3 is 2. The van der Waals surface area contributed by atoms with Gasteiger partial charge in [-0.25, -0.2) is 4.39 Å². The van der Waals surface area contributed by atoms with Gasteiger partial charge in [-0.15, -0.1) is 0 Å². The van der Waals surface area contributed by atoms with Gasteiger partial charge in [-0.05, 0) is 44.4 Å². The number of nitrogens with one attached hydrogen (secondary N) is 2. The molecule has 0 radical (unpaired) electrons. The third-order valence-corrected chi connectivity index (χ3v) is 6.09. The summed E-state index contributed by atoms with van der Waals surface area (Å²) in [7, 11) is 3.15. The number of hydrogen-bond donors (Lipinski definition) is 2. The third-order valence-electron chi connectivity index (χ3n) is 6.09. The molecule has 10 heteroatoms. The van der Waals surface area contributed by atoms with E-state index in [-0.39, 0.29) is 18.0 Å². The van der Waals surface area contributed by atoms with Gasteiger partial charge in [0.1, 0.15) is 0 Å². The first-order valence-corrected chi connectivity index (χ1v) is 11.2. The molecular formula is C22H32FN7O2.